The third kappa shape index (κ3) is 4.62. The number of anilines is 2. The van der Waals surface area contributed by atoms with E-state index in [0.717, 1.165) is 28.4 Å². The highest BCUT2D eigenvalue weighted by molar-refractivity contribution is 7.89. The van der Waals surface area contributed by atoms with E-state index in [2.05, 4.69) is 16.7 Å². The van der Waals surface area contributed by atoms with E-state index < -0.39 is 16.1 Å². The van der Waals surface area contributed by atoms with Crippen molar-refractivity contribution >= 4 is 27.3 Å². The number of aryl methyl sites for hydroxylation is 2. The van der Waals surface area contributed by atoms with Gasteiger partial charge < -0.3 is 10.6 Å². The van der Waals surface area contributed by atoms with Crippen LogP contribution in [0.4, 0.5) is 11.4 Å². The molecule has 2 aromatic carbocycles. The zero-order chi connectivity index (χ0) is 21.2. The first-order valence-electron chi connectivity index (χ1n) is 9.91. The lowest BCUT2D eigenvalue weighted by Crippen LogP contribution is -2.32. The number of hydrogen-bond acceptors (Lipinski definition) is 4. The van der Waals surface area contributed by atoms with Crippen molar-refractivity contribution in [2.45, 2.75) is 50.5 Å². The second-order valence-electron chi connectivity index (χ2n) is 7.77. The Morgan fingerprint density at radius 2 is 1.79 bits per heavy atom. The quantitative estimate of drug-likeness (QED) is 0.756. The average Bonchev–Trinajstić information content (AvgIpc) is 2.69. The fourth-order valence-corrected chi connectivity index (χ4v) is 4.49. The van der Waals surface area contributed by atoms with E-state index in [4.69, 9.17) is 0 Å². The Labute approximate surface area is 173 Å². The summed E-state index contributed by atoms with van der Waals surface area (Å²) < 4.78 is 25.9. The van der Waals surface area contributed by atoms with E-state index in [9.17, 15) is 13.2 Å². The van der Waals surface area contributed by atoms with Gasteiger partial charge in [-0.25, -0.2) is 12.7 Å². The highest BCUT2D eigenvalue weighted by Gasteiger charge is 2.21. The van der Waals surface area contributed by atoms with Crippen LogP contribution in [0.25, 0.3) is 0 Å². The van der Waals surface area contributed by atoms with Crippen molar-refractivity contribution in [3.8, 4) is 0 Å². The molecule has 3 rings (SSSR count). The molecule has 0 radical (unpaired) electrons. The van der Waals surface area contributed by atoms with Crippen LogP contribution in [0.1, 0.15) is 36.5 Å². The van der Waals surface area contributed by atoms with Crippen molar-refractivity contribution in [2.75, 3.05) is 24.7 Å². The van der Waals surface area contributed by atoms with Gasteiger partial charge in [0.05, 0.1) is 4.90 Å². The Morgan fingerprint density at radius 3 is 2.52 bits per heavy atom. The van der Waals surface area contributed by atoms with E-state index >= 15 is 0 Å². The van der Waals surface area contributed by atoms with Crippen molar-refractivity contribution in [3.05, 3.63) is 53.1 Å². The SMILES string of the molecule is Cc1ccc(S(=O)(=O)N(C)C)cc1NC(=O)[C@H](C)Nc1cccc2c1CCCC2. The third-order valence-electron chi connectivity index (χ3n) is 5.41. The maximum atomic E-state index is 12.8. The lowest BCUT2D eigenvalue weighted by atomic mass is 9.90. The summed E-state index contributed by atoms with van der Waals surface area (Å²) in [7, 11) is -0.592. The average molecular weight is 416 g/mol. The predicted molar refractivity (Wildman–Crippen MR) is 117 cm³/mol. The smallest absolute Gasteiger partial charge is 0.246 e. The highest BCUT2D eigenvalue weighted by Crippen LogP contribution is 2.28. The van der Waals surface area contributed by atoms with Crippen LogP contribution in [-0.2, 0) is 27.7 Å². The first kappa shape index (κ1) is 21.3. The molecule has 29 heavy (non-hydrogen) atoms. The second kappa shape index (κ2) is 8.55. The number of nitrogens with zero attached hydrogens (tertiary/aromatic N) is 1. The Bertz CT molecular complexity index is 1020. The van der Waals surface area contributed by atoms with Crippen molar-refractivity contribution in [1.82, 2.24) is 4.31 Å². The van der Waals surface area contributed by atoms with Gasteiger partial charge in [0.1, 0.15) is 6.04 Å². The number of benzene rings is 2. The van der Waals surface area contributed by atoms with Gasteiger partial charge in [-0.3, -0.25) is 4.79 Å². The molecule has 0 saturated carbocycles. The predicted octanol–water partition coefficient (Wildman–Crippen LogP) is 3.56. The van der Waals surface area contributed by atoms with Crippen LogP contribution in [-0.4, -0.2) is 38.8 Å². The molecular formula is C22H29N3O3S. The Morgan fingerprint density at radius 1 is 1.07 bits per heavy atom. The lowest BCUT2D eigenvalue weighted by molar-refractivity contribution is -0.116. The molecule has 1 aliphatic carbocycles. The Balaban J connectivity index is 1.77. The number of amides is 1. The molecule has 1 amide bonds. The van der Waals surface area contributed by atoms with Gasteiger partial charge in [0, 0.05) is 25.5 Å². The van der Waals surface area contributed by atoms with Gasteiger partial charge in [-0.15, -0.1) is 0 Å². The molecule has 7 heteroatoms. The van der Waals surface area contributed by atoms with Gasteiger partial charge >= 0.3 is 0 Å². The van der Waals surface area contributed by atoms with Gasteiger partial charge in [-0.1, -0.05) is 18.2 Å². The summed E-state index contributed by atoms with van der Waals surface area (Å²) in [5, 5.41) is 6.21. The van der Waals surface area contributed by atoms with Crippen LogP contribution in [0.15, 0.2) is 41.3 Å². The molecule has 1 atom stereocenters. The summed E-state index contributed by atoms with van der Waals surface area (Å²) in [6.45, 7) is 3.65. The van der Waals surface area contributed by atoms with E-state index in [-0.39, 0.29) is 10.8 Å². The van der Waals surface area contributed by atoms with Crippen LogP contribution in [0, 0.1) is 6.92 Å². The Hall–Kier alpha value is -2.38. The van der Waals surface area contributed by atoms with Crippen LogP contribution in [0.5, 0.6) is 0 Å². The summed E-state index contributed by atoms with van der Waals surface area (Å²) in [4.78, 5) is 13.0. The minimum absolute atomic E-state index is 0.154. The number of hydrogen-bond donors (Lipinski definition) is 2. The van der Waals surface area contributed by atoms with Crippen LogP contribution in [0.3, 0.4) is 0 Å². The van der Waals surface area contributed by atoms with Crippen molar-refractivity contribution in [3.63, 3.8) is 0 Å². The summed E-state index contributed by atoms with van der Waals surface area (Å²) in [6, 6.07) is 10.5. The Kier molecular flexibility index (Phi) is 6.29. The molecule has 0 unspecified atom stereocenters. The van der Waals surface area contributed by atoms with Crippen LogP contribution < -0.4 is 10.6 Å². The normalized spacial score (nSPS) is 14.9. The fourth-order valence-electron chi connectivity index (χ4n) is 3.56. The maximum absolute atomic E-state index is 12.8. The number of rotatable bonds is 6. The summed E-state index contributed by atoms with van der Waals surface area (Å²) in [5.41, 5.74) is 4.97. The molecular weight excluding hydrogens is 386 g/mol. The topological polar surface area (TPSA) is 78.5 Å². The standard InChI is InChI=1S/C22H29N3O3S/c1-15-12-13-18(29(27,28)25(3)4)14-21(15)24-22(26)16(2)23-20-11-7-9-17-8-5-6-10-19(17)20/h7,9,11-14,16,23H,5-6,8,10H2,1-4H3,(H,24,26)/t16-/m0/s1. The number of nitrogens with one attached hydrogen (secondary N) is 2. The third-order valence-corrected chi connectivity index (χ3v) is 7.22. The number of carbonyl (C=O) groups excluding carboxylic acids is 1. The second-order valence-corrected chi connectivity index (χ2v) is 9.92. The minimum atomic E-state index is -3.56. The van der Waals surface area contributed by atoms with E-state index in [0.29, 0.717) is 5.69 Å². The monoisotopic (exact) mass is 415 g/mol. The molecule has 0 aliphatic heterocycles. The number of carbonyl (C=O) groups is 1. The van der Waals surface area contributed by atoms with Gasteiger partial charge in [-0.2, -0.15) is 0 Å². The molecule has 0 heterocycles. The lowest BCUT2D eigenvalue weighted by Gasteiger charge is -2.23. The van der Waals surface area contributed by atoms with Crippen molar-refractivity contribution in [2.24, 2.45) is 0 Å². The molecule has 0 saturated heterocycles. The van der Waals surface area contributed by atoms with Gasteiger partial charge in [0.25, 0.3) is 0 Å². The summed E-state index contributed by atoms with van der Waals surface area (Å²) in [5.74, 6) is -0.207. The van der Waals surface area contributed by atoms with Crippen molar-refractivity contribution < 1.29 is 13.2 Å². The van der Waals surface area contributed by atoms with Crippen LogP contribution in [0.2, 0.25) is 0 Å². The van der Waals surface area contributed by atoms with Gasteiger partial charge in [0.15, 0.2) is 0 Å². The largest absolute Gasteiger partial charge is 0.374 e. The molecule has 0 aromatic heterocycles. The first-order chi connectivity index (χ1) is 13.7. The highest BCUT2D eigenvalue weighted by atomic mass is 32.2. The molecule has 2 aromatic rings. The van der Waals surface area contributed by atoms with E-state index in [1.807, 2.05) is 26.0 Å². The molecule has 0 spiro atoms. The van der Waals surface area contributed by atoms with Crippen molar-refractivity contribution in [1.29, 1.82) is 0 Å². The molecule has 0 bridgehead atoms. The van der Waals surface area contributed by atoms with E-state index in [1.165, 1.54) is 44.1 Å². The summed E-state index contributed by atoms with van der Waals surface area (Å²) >= 11 is 0. The molecule has 2 N–H and O–H groups in total. The molecule has 1 aliphatic rings. The first-order valence-corrected chi connectivity index (χ1v) is 11.4. The molecule has 156 valence electrons. The number of sulfonamides is 1. The molecule has 6 nitrogen and oxygen atoms in total. The van der Waals surface area contributed by atoms with E-state index in [1.54, 1.807) is 12.1 Å². The van der Waals surface area contributed by atoms with Gasteiger partial charge in [-0.05, 0) is 74.4 Å². The summed E-state index contributed by atoms with van der Waals surface area (Å²) in [6.07, 6.45) is 4.48. The zero-order valence-electron chi connectivity index (χ0n) is 17.5. The fraction of sp³-hybridized carbons (Fsp3) is 0.409. The zero-order valence-corrected chi connectivity index (χ0v) is 18.3. The van der Waals surface area contributed by atoms with Crippen LogP contribution >= 0.6 is 0 Å². The maximum Gasteiger partial charge on any atom is 0.246 e. The number of fused-ring (bicyclic) bond motifs is 1. The van der Waals surface area contributed by atoms with Gasteiger partial charge in [0.2, 0.25) is 15.9 Å². The minimum Gasteiger partial charge on any atom is -0.374 e. The molecule has 0 fully saturated rings.